The fourth-order valence-electron chi connectivity index (χ4n) is 2.21. The van der Waals surface area contributed by atoms with Crippen molar-refractivity contribution in [1.82, 2.24) is 10.2 Å². The van der Waals surface area contributed by atoms with E-state index in [0.29, 0.717) is 25.8 Å². The minimum Gasteiger partial charge on any atom is -0.390 e. The second-order valence-corrected chi connectivity index (χ2v) is 4.84. The van der Waals surface area contributed by atoms with Crippen LogP contribution in [-0.2, 0) is 9.47 Å². The summed E-state index contributed by atoms with van der Waals surface area (Å²) in [6, 6.07) is 0. The van der Waals surface area contributed by atoms with Crippen molar-refractivity contribution in [2.75, 3.05) is 53.0 Å². The summed E-state index contributed by atoms with van der Waals surface area (Å²) in [5, 5.41) is 13.1. The highest BCUT2D eigenvalue weighted by atomic mass is 16.5. The number of methoxy groups -OCH3 is 1. The third-order valence-electron chi connectivity index (χ3n) is 3.26. The van der Waals surface area contributed by atoms with Crippen molar-refractivity contribution in [3.05, 3.63) is 0 Å². The first-order valence-electron chi connectivity index (χ1n) is 6.98. The summed E-state index contributed by atoms with van der Waals surface area (Å²) in [7, 11) is 1.68. The molecular weight excluding hydrogens is 232 g/mol. The zero-order valence-electron chi connectivity index (χ0n) is 11.7. The van der Waals surface area contributed by atoms with E-state index in [1.165, 1.54) is 6.42 Å². The van der Waals surface area contributed by atoms with Crippen LogP contribution in [-0.4, -0.2) is 75.3 Å². The maximum Gasteiger partial charge on any atom is 0.0791 e. The molecule has 1 aliphatic rings. The van der Waals surface area contributed by atoms with Gasteiger partial charge in [-0.3, -0.25) is 4.90 Å². The highest BCUT2D eigenvalue weighted by Crippen LogP contribution is 2.13. The summed E-state index contributed by atoms with van der Waals surface area (Å²) in [5.41, 5.74) is 0. The fraction of sp³-hybridized carbons (Fsp3) is 1.00. The van der Waals surface area contributed by atoms with Crippen LogP contribution in [0.15, 0.2) is 0 Å². The Balaban J connectivity index is 2.11. The third-order valence-corrected chi connectivity index (χ3v) is 3.26. The molecule has 1 rings (SSSR count). The van der Waals surface area contributed by atoms with Crippen molar-refractivity contribution in [3.8, 4) is 0 Å². The minimum absolute atomic E-state index is 0.330. The fourth-order valence-corrected chi connectivity index (χ4v) is 2.21. The van der Waals surface area contributed by atoms with Gasteiger partial charge >= 0.3 is 0 Å². The predicted octanol–water partition coefficient (Wildman–Crippen LogP) is 0.0842. The number of rotatable bonds is 10. The van der Waals surface area contributed by atoms with Crippen LogP contribution in [0, 0.1) is 0 Å². The molecule has 0 saturated carbocycles. The van der Waals surface area contributed by atoms with Crippen LogP contribution in [0.5, 0.6) is 0 Å². The molecule has 1 heterocycles. The summed E-state index contributed by atoms with van der Waals surface area (Å²) in [6.45, 7) is 7.69. The van der Waals surface area contributed by atoms with Gasteiger partial charge < -0.3 is 19.9 Å². The van der Waals surface area contributed by atoms with Gasteiger partial charge in [-0.05, 0) is 19.4 Å². The zero-order chi connectivity index (χ0) is 13.2. The lowest BCUT2D eigenvalue weighted by molar-refractivity contribution is 0.0514. The molecule has 5 nitrogen and oxygen atoms in total. The molecule has 0 spiro atoms. The molecule has 2 N–H and O–H groups in total. The lowest BCUT2D eigenvalue weighted by Crippen LogP contribution is -2.41. The van der Waals surface area contributed by atoms with Crippen LogP contribution >= 0.6 is 0 Å². The third kappa shape index (κ3) is 6.66. The Bertz CT molecular complexity index is 199. The van der Waals surface area contributed by atoms with E-state index in [-0.39, 0.29) is 6.10 Å². The molecule has 0 aliphatic carbocycles. The van der Waals surface area contributed by atoms with E-state index < -0.39 is 0 Å². The number of aliphatic hydroxyl groups is 1. The lowest BCUT2D eigenvalue weighted by Gasteiger charge is -2.26. The SMILES string of the molecule is CCN(CC(O)CNCCOC)CC1CCCO1. The smallest absolute Gasteiger partial charge is 0.0791 e. The average Bonchev–Trinajstić information content (AvgIpc) is 2.86. The first-order valence-corrected chi connectivity index (χ1v) is 6.98. The van der Waals surface area contributed by atoms with Gasteiger partial charge in [0.05, 0.1) is 18.8 Å². The van der Waals surface area contributed by atoms with Crippen molar-refractivity contribution in [2.45, 2.75) is 32.0 Å². The molecule has 0 radical (unpaired) electrons. The Morgan fingerprint density at radius 3 is 3.00 bits per heavy atom. The maximum atomic E-state index is 9.94. The summed E-state index contributed by atoms with van der Waals surface area (Å²) < 4.78 is 10.6. The van der Waals surface area contributed by atoms with Crippen molar-refractivity contribution in [1.29, 1.82) is 0 Å². The minimum atomic E-state index is -0.330. The molecule has 2 unspecified atom stereocenters. The summed E-state index contributed by atoms with van der Waals surface area (Å²) >= 11 is 0. The van der Waals surface area contributed by atoms with Crippen molar-refractivity contribution < 1.29 is 14.6 Å². The maximum absolute atomic E-state index is 9.94. The van der Waals surface area contributed by atoms with Crippen LogP contribution in [0.1, 0.15) is 19.8 Å². The van der Waals surface area contributed by atoms with Crippen LogP contribution in [0.2, 0.25) is 0 Å². The molecule has 0 bridgehead atoms. The molecular formula is C13H28N2O3. The first kappa shape index (κ1) is 15.9. The standard InChI is InChI=1S/C13H28N2O3/c1-3-15(11-13-5-4-7-18-13)10-12(16)9-14-6-8-17-2/h12-14,16H,3-11H2,1-2H3. The molecule has 1 saturated heterocycles. The highest BCUT2D eigenvalue weighted by Gasteiger charge is 2.19. The second kappa shape index (κ2) is 9.69. The molecule has 108 valence electrons. The molecule has 1 fully saturated rings. The zero-order valence-corrected chi connectivity index (χ0v) is 11.7. The second-order valence-electron chi connectivity index (χ2n) is 4.84. The van der Waals surface area contributed by atoms with Gasteiger partial charge in [0.2, 0.25) is 0 Å². The predicted molar refractivity (Wildman–Crippen MR) is 71.8 cm³/mol. The first-order chi connectivity index (χ1) is 8.76. The Morgan fingerprint density at radius 1 is 1.56 bits per heavy atom. The molecule has 0 aromatic heterocycles. The van der Waals surface area contributed by atoms with Gasteiger partial charge in [-0.2, -0.15) is 0 Å². The van der Waals surface area contributed by atoms with Gasteiger partial charge in [0, 0.05) is 39.9 Å². The van der Waals surface area contributed by atoms with Crippen molar-refractivity contribution >= 4 is 0 Å². The van der Waals surface area contributed by atoms with Crippen LogP contribution in [0.4, 0.5) is 0 Å². The number of hydrogen-bond donors (Lipinski definition) is 2. The number of nitrogens with zero attached hydrogens (tertiary/aromatic N) is 1. The number of ether oxygens (including phenoxy) is 2. The monoisotopic (exact) mass is 260 g/mol. The Morgan fingerprint density at radius 2 is 2.39 bits per heavy atom. The van der Waals surface area contributed by atoms with E-state index in [1.807, 2.05) is 0 Å². The van der Waals surface area contributed by atoms with Gasteiger partial charge in [0.1, 0.15) is 0 Å². The largest absolute Gasteiger partial charge is 0.390 e. The quantitative estimate of drug-likeness (QED) is 0.545. The van der Waals surface area contributed by atoms with Crippen LogP contribution in [0.25, 0.3) is 0 Å². The van der Waals surface area contributed by atoms with Gasteiger partial charge in [0.25, 0.3) is 0 Å². The number of nitrogens with one attached hydrogen (secondary N) is 1. The van der Waals surface area contributed by atoms with Crippen molar-refractivity contribution in [2.24, 2.45) is 0 Å². The van der Waals surface area contributed by atoms with E-state index in [2.05, 4.69) is 17.1 Å². The molecule has 0 aromatic carbocycles. The van der Waals surface area contributed by atoms with Gasteiger partial charge in [-0.1, -0.05) is 6.92 Å². The van der Waals surface area contributed by atoms with Crippen LogP contribution in [0.3, 0.4) is 0 Å². The number of hydrogen-bond acceptors (Lipinski definition) is 5. The number of aliphatic hydroxyl groups excluding tert-OH is 1. The normalized spacial score (nSPS) is 21.7. The van der Waals surface area contributed by atoms with E-state index in [1.54, 1.807) is 7.11 Å². The molecule has 5 heteroatoms. The Hall–Kier alpha value is -0.200. The van der Waals surface area contributed by atoms with Gasteiger partial charge in [0.15, 0.2) is 0 Å². The molecule has 0 amide bonds. The molecule has 18 heavy (non-hydrogen) atoms. The van der Waals surface area contributed by atoms with E-state index >= 15 is 0 Å². The average molecular weight is 260 g/mol. The molecule has 1 aliphatic heterocycles. The summed E-state index contributed by atoms with van der Waals surface area (Å²) in [5.74, 6) is 0. The molecule has 0 aromatic rings. The van der Waals surface area contributed by atoms with E-state index in [0.717, 1.165) is 32.7 Å². The Kier molecular flexibility index (Phi) is 8.54. The van der Waals surface area contributed by atoms with Crippen LogP contribution < -0.4 is 5.32 Å². The van der Waals surface area contributed by atoms with Crippen molar-refractivity contribution in [3.63, 3.8) is 0 Å². The van der Waals surface area contributed by atoms with E-state index in [4.69, 9.17) is 9.47 Å². The summed E-state index contributed by atoms with van der Waals surface area (Å²) in [4.78, 5) is 2.26. The van der Waals surface area contributed by atoms with Gasteiger partial charge in [-0.25, -0.2) is 0 Å². The number of likely N-dealkylation sites (N-methyl/N-ethyl adjacent to an activating group) is 1. The highest BCUT2D eigenvalue weighted by molar-refractivity contribution is 4.73. The topological polar surface area (TPSA) is 54.0 Å². The van der Waals surface area contributed by atoms with Gasteiger partial charge in [-0.15, -0.1) is 0 Å². The molecule has 2 atom stereocenters. The lowest BCUT2D eigenvalue weighted by atomic mass is 10.2. The van der Waals surface area contributed by atoms with E-state index in [9.17, 15) is 5.11 Å². The Labute approximate surface area is 110 Å². The summed E-state index contributed by atoms with van der Waals surface area (Å²) in [6.07, 6.45) is 2.35.